The molecule has 1 N–H and O–H groups in total. The molecule has 0 unspecified atom stereocenters. The Morgan fingerprint density at radius 3 is 2.74 bits per heavy atom. The molecular formula is C19H20BrN5O2. The van der Waals surface area contributed by atoms with Gasteiger partial charge in [0.15, 0.2) is 6.73 Å². The maximum absolute atomic E-state index is 12.1. The van der Waals surface area contributed by atoms with Crippen LogP contribution in [0, 0.1) is 6.92 Å². The highest BCUT2D eigenvalue weighted by molar-refractivity contribution is 9.10. The van der Waals surface area contributed by atoms with Crippen LogP contribution in [0.5, 0.6) is 5.75 Å². The average Bonchev–Trinajstić information content (AvgIpc) is 3.25. The smallest absolute Gasteiger partial charge is 0.248 e. The van der Waals surface area contributed by atoms with Gasteiger partial charge in [0.05, 0.1) is 24.3 Å². The molecule has 0 saturated carbocycles. The minimum Gasteiger partial charge on any atom is -0.471 e. The van der Waals surface area contributed by atoms with Crippen molar-refractivity contribution in [1.82, 2.24) is 19.6 Å². The van der Waals surface area contributed by atoms with Crippen molar-refractivity contribution in [2.75, 3.05) is 5.32 Å². The van der Waals surface area contributed by atoms with Crippen molar-refractivity contribution in [3.05, 3.63) is 64.7 Å². The summed E-state index contributed by atoms with van der Waals surface area (Å²) in [4.78, 5) is 12.1. The molecule has 0 spiro atoms. The summed E-state index contributed by atoms with van der Waals surface area (Å²) in [5, 5.41) is 11.2. The number of carbonyl (C=O) groups is 1. The van der Waals surface area contributed by atoms with E-state index in [1.54, 1.807) is 29.3 Å². The number of hydrogen-bond acceptors (Lipinski definition) is 4. The van der Waals surface area contributed by atoms with Gasteiger partial charge >= 0.3 is 0 Å². The highest BCUT2D eigenvalue weighted by atomic mass is 79.9. The third-order valence-corrected chi connectivity index (χ3v) is 4.46. The van der Waals surface area contributed by atoms with E-state index in [4.69, 9.17) is 4.74 Å². The van der Waals surface area contributed by atoms with E-state index in [0.717, 1.165) is 28.0 Å². The van der Waals surface area contributed by atoms with E-state index in [9.17, 15) is 4.79 Å². The Bertz CT molecular complexity index is 943. The van der Waals surface area contributed by atoms with E-state index < -0.39 is 0 Å². The Balaban J connectivity index is 1.53. The SMILES string of the molecule is CCn1ncc(/C=C/C(=O)Nc2cnn(COc3ccc(Br)cc3)c2)c1C. The van der Waals surface area contributed by atoms with E-state index in [2.05, 4.69) is 31.4 Å². The van der Waals surface area contributed by atoms with Crippen molar-refractivity contribution in [3.8, 4) is 5.75 Å². The minimum atomic E-state index is -0.230. The summed E-state index contributed by atoms with van der Waals surface area (Å²) in [7, 11) is 0. The second-order valence-corrected chi connectivity index (χ2v) is 6.74. The van der Waals surface area contributed by atoms with Gasteiger partial charge in [0, 0.05) is 28.4 Å². The Labute approximate surface area is 165 Å². The molecule has 8 heteroatoms. The minimum absolute atomic E-state index is 0.230. The quantitative estimate of drug-likeness (QED) is 0.578. The summed E-state index contributed by atoms with van der Waals surface area (Å²) in [5.41, 5.74) is 2.55. The van der Waals surface area contributed by atoms with Crippen LogP contribution in [0.3, 0.4) is 0 Å². The van der Waals surface area contributed by atoms with Crippen molar-refractivity contribution in [2.45, 2.75) is 27.1 Å². The first-order chi connectivity index (χ1) is 13.0. The van der Waals surface area contributed by atoms with Gasteiger partial charge < -0.3 is 10.1 Å². The topological polar surface area (TPSA) is 74.0 Å². The second-order valence-electron chi connectivity index (χ2n) is 5.82. The fourth-order valence-electron chi connectivity index (χ4n) is 2.46. The fraction of sp³-hybridized carbons (Fsp3) is 0.211. The molecule has 0 aliphatic rings. The molecule has 0 aliphatic carbocycles. The number of amides is 1. The largest absolute Gasteiger partial charge is 0.471 e. The van der Waals surface area contributed by atoms with Crippen LogP contribution in [-0.4, -0.2) is 25.5 Å². The number of hydrogen-bond donors (Lipinski definition) is 1. The highest BCUT2D eigenvalue weighted by Gasteiger charge is 2.05. The van der Waals surface area contributed by atoms with Crippen molar-refractivity contribution in [1.29, 1.82) is 0 Å². The van der Waals surface area contributed by atoms with Gasteiger partial charge in [0.2, 0.25) is 5.91 Å². The molecule has 27 heavy (non-hydrogen) atoms. The van der Waals surface area contributed by atoms with E-state index in [-0.39, 0.29) is 12.6 Å². The molecule has 0 bridgehead atoms. The lowest BCUT2D eigenvalue weighted by atomic mass is 10.2. The van der Waals surface area contributed by atoms with Gasteiger partial charge in [0.1, 0.15) is 5.75 Å². The molecule has 7 nitrogen and oxygen atoms in total. The fourth-order valence-corrected chi connectivity index (χ4v) is 2.73. The van der Waals surface area contributed by atoms with Gasteiger partial charge in [0.25, 0.3) is 0 Å². The lowest BCUT2D eigenvalue weighted by Gasteiger charge is -2.05. The summed E-state index contributed by atoms with van der Waals surface area (Å²) in [6.45, 7) is 5.05. The third-order valence-electron chi connectivity index (χ3n) is 3.93. The number of halogens is 1. The van der Waals surface area contributed by atoms with Gasteiger partial charge in [-0.25, -0.2) is 4.68 Å². The first-order valence-corrected chi connectivity index (χ1v) is 9.26. The van der Waals surface area contributed by atoms with Crippen LogP contribution >= 0.6 is 15.9 Å². The Hall–Kier alpha value is -2.87. The lowest BCUT2D eigenvalue weighted by molar-refractivity contribution is -0.111. The predicted octanol–water partition coefficient (Wildman–Crippen LogP) is 3.86. The zero-order chi connectivity index (χ0) is 19.2. The summed E-state index contributed by atoms with van der Waals surface area (Å²) in [6.07, 6.45) is 8.28. The molecule has 3 aromatic rings. The second kappa shape index (κ2) is 8.68. The van der Waals surface area contributed by atoms with Crippen molar-refractivity contribution < 1.29 is 9.53 Å². The number of nitrogens with zero attached hydrogens (tertiary/aromatic N) is 4. The number of carbonyl (C=O) groups excluding carboxylic acids is 1. The van der Waals surface area contributed by atoms with Crippen LogP contribution in [0.25, 0.3) is 6.08 Å². The van der Waals surface area contributed by atoms with Crippen molar-refractivity contribution in [3.63, 3.8) is 0 Å². The number of rotatable bonds is 7. The summed E-state index contributed by atoms with van der Waals surface area (Å²) < 4.78 is 10.1. The van der Waals surface area contributed by atoms with Crippen LogP contribution in [0.15, 0.2) is 53.4 Å². The van der Waals surface area contributed by atoms with Gasteiger partial charge in [-0.1, -0.05) is 15.9 Å². The molecule has 0 aliphatic heterocycles. The number of anilines is 1. The van der Waals surface area contributed by atoms with Crippen LogP contribution in [0.2, 0.25) is 0 Å². The van der Waals surface area contributed by atoms with E-state index in [1.165, 1.54) is 6.08 Å². The Morgan fingerprint density at radius 1 is 1.26 bits per heavy atom. The summed E-state index contributed by atoms with van der Waals surface area (Å²) in [5.74, 6) is 0.511. The van der Waals surface area contributed by atoms with Gasteiger partial charge in [-0.15, -0.1) is 0 Å². The standard InChI is InChI=1S/C19H20BrN5O2/c1-3-25-14(2)15(10-22-25)4-9-19(26)23-17-11-21-24(12-17)13-27-18-7-5-16(20)6-8-18/h4-12H,3,13H2,1-2H3,(H,23,26)/b9-4+. The first-order valence-electron chi connectivity index (χ1n) is 8.47. The first kappa shape index (κ1) is 18.9. The van der Waals surface area contributed by atoms with Crippen LogP contribution in [-0.2, 0) is 18.1 Å². The zero-order valence-electron chi connectivity index (χ0n) is 15.1. The number of ether oxygens (including phenoxy) is 1. The summed E-state index contributed by atoms with van der Waals surface area (Å²) >= 11 is 3.38. The van der Waals surface area contributed by atoms with Gasteiger partial charge in [-0.2, -0.15) is 10.2 Å². The number of aromatic nitrogens is 4. The zero-order valence-corrected chi connectivity index (χ0v) is 16.7. The molecule has 140 valence electrons. The van der Waals surface area contributed by atoms with Crippen molar-refractivity contribution in [2.24, 2.45) is 0 Å². The van der Waals surface area contributed by atoms with E-state index in [0.29, 0.717) is 5.69 Å². The van der Waals surface area contributed by atoms with Crippen molar-refractivity contribution >= 4 is 33.6 Å². The average molecular weight is 430 g/mol. The Morgan fingerprint density at radius 2 is 2.04 bits per heavy atom. The van der Waals surface area contributed by atoms with Crippen LogP contribution in [0.1, 0.15) is 18.2 Å². The van der Waals surface area contributed by atoms with E-state index in [1.807, 2.05) is 42.8 Å². The molecule has 0 radical (unpaired) electrons. The van der Waals surface area contributed by atoms with E-state index >= 15 is 0 Å². The lowest BCUT2D eigenvalue weighted by Crippen LogP contribution is -2.08. The molecular weight excluding hydrogens is 410 g/mol. The molecule has 2 aromatic heterocycles. The molecule has 0 fully saturated rings. The number of benzene rings is 1. The van der Waals surface area contributed by atoms with Gasteiger partial charge in [-0.05, 0) is 44.2 Å². The molecule has 1 aromatic carbocycles. The molecule has 1 amide bonds. The molecule has 0 saturated heterocycles. The molecule has 2 heterocycles. The monoisotopic (exact) mass is 429 g/mol. The highest BCUT2D eigenvalue weighted by Crippen LogP contribution is 2.16. The van der Waals surface area contributed by atoms with Crippen LogP contribution < -0.4 is 10.1 Å². The van der Waals surface area contributed by atoms with Crippen LogP contribution in [0.4, 0.5) is 5.69 Å². The maximum atomic E-state index is 12.1. The van der Waals surface area contributed by atoms with Gasteiger partial charge in [-0.3, -0.25) is 9.48 Å². The molecule has 0 atom stereocenters. The Kier molecular flexibility index (Phi) is 6.08. The normalized spacial score (nSPS) is 11.1. The number of nitrogens with one attached hydrogen (secondary N) is 1. The predicted molar refractivity (Wildman–Crippen MR) is 107 cm³/mol. The number of aryl methyl sites for hydroxylation is 1. The summed E-state index contributed by atoms with van der Waals surface area (Å²) in [6, 6.07) is 7.54. The third kappa shape index (κ3) is 5.07. The molecule has 3 rings (SSSR count). The maximum Gasteiger partial charge on any atom is 0.248 e.